The van der Waals surface area contributed by atoms with Crippen LogP contribution in [0.1, 0.15) is 18.9 Å². The fourth-order valence-electron chi connectivity index (χ4n) is 1.33. The van der Waals surface area contributed by atoms with Crippen LogP contribution in [0.3, 0.4) is 0 Å². The average Bonchev–Trinajstić information content (AvgIpc) is 2.29. The first-order chi connectivity index (χ1) is 7.77. The Bertz CT molecular complexity index is 318. The van der Waals surface area contributed by atoms with Crippen molar-refractivity contribution in [1.29, 1.82) is 0 Å². The lowest BCUT2D eigenvalue weighted by atomic mass is 10.2. The largest absolute Gasteiger partial charge is 0.493 e. The fraction of sp³-hybridized carbons (Fsp3) is 0.500. The number of benzene rings is 1. The van der Waals surface area contributed by atoms with Crippen LogP contribution in [0.2, 0.25) is 5.02 Å². The van der Waals surface area contributed by atoms with Crippen molar-refractivity contribution in [2.24, 2.45) is 0 Å². The Kier molecular flexibility index (Phi) is 6.23. The van der Waals surface area contributed by atoms with Crippen LogP contribution in [-0.4, -0.2) is 24.9 Å². The summed E-state index contributed by atoms with van der Waals surface area (Å²) in [6.07, 6.45) is 0.642. The van der Waals surface area contributed by atoms with Crippen molar-refractivity contribution in [3.05, 3.63) is 28.8 Å². The van der Waals surface area contributed by atoms with E-state index >= 15 is 0 Å². The van der Waals surface area contributed by atoms with Crippen LogP contribution in [-0.2, 0) is 6.54 Å². The van der Waals surface area contributed by atoms with E-state index < -0.39 is 0 Å². The summed E-state index contributed by atoms with van der Waals surface area (Å²) in [7, 11) is 0. The van der Waals surface area contributed by atoms with Crippen molar-refractivity contribution in [2.45, 2.75) is 19.9 Å². The topological polar surface area (TPSA) is 41.5 Å². The van der Waals surface area contributed by atoms with E-state index in [1.54, 1.807) is 0 Å². The third kappa shape index (κ3) is 4.39. The van der Waals surface area contributed by atoms with Gasteiger partial charge in [0, 0.05) is 30.2 Å². The van der Waals surface area contributed by atoms with Crippen molar-refractivity contribution in [2.75, 3.05) is 19.8 Å². The zero-order valence-corrected chi connectivity index (χ0v) is 10.3. The Labute approximate surface area is 101 Å². The van der Waals surface area contributed by atoms with Crippen LogP contribution < -0.4 is 10.1 Å². The van der Waals surface area contributed by atoms with Gasteiger partial charge in [0.2, 0.25) is 0 Å². The van der Waals surface area contributed by atoms with E-state index in [2.05, 4.69) is 12.2 Å². The lowest BCUT2D eigenvalue weighted by Gasteiger charge is -2.11. The maximum Gasteiger partial charge on any atom is 0.123 e. The molecular formula is C12H18ClNO2. The number of aliphatic hydroxyl groups excluding tert-OH is 1. The van der Waals surface area contributed by atoms with E-state index in [0.717, 1.165) is 24.4 Å². The zero-order chi connectivity index (χ0) is 11.8. The molecule has 0 heterocycles. The molecule has 0 spiro atoms. The number of halogens is 1. The average molecular weight is 244 g/mol. The molecular weight excluding hydrogens is 226 g/mol. The predicted octanol–water partition coefficient (Wildman–Crippen LogP) is 2.21. The summed E-state index contributed by atoms with van der Waals surface area (Å²) in [4.78, 5) is 0. The van der Waals surface area contributed by atoms with Gasteiger partial charge in [-0.2, -0.15) is 0 Å². The highest BCUT2D eigenvalue weighted by Gasteiger charge is 2.04. The smallest absolute Gasteiger partial charge is 0.123 e. The summed E-state index contributed by atoms with van der Waals surface area (Å²) < 4.78 is 5.57. The summed E-state index contributed by atoms with van der Waals surface area (Å²) in [6.45, 7) is 4.37. The first-order valence-corrected chi connectivity index (χ1v) is 5.88. The van der Waals surface area contributed by atoms with Crippen LogP contribution in [0.15, 0.2) is 18.2 Å². The summed E-state index contributed by atoms with van der Waals surface area (Å²) in [5.41, 5.74) is 1.05. The van der Waals surface area contributed by atoms with E-state index in [1.807, 2.05) is 18.2 Å². The summed E-state index contributed by atoms with van der Waals surface area (Å²) in [5, 5.41) is 12.6. The van der Waals surface area contributed by atoms with Gasteiger partial charge in [-0.15, -0.1) is 0 Å². The highest BCUT2D eigenvalue weighted by Crippen LogP contribution is 2.22. The molecule has 2 N–H and O–H groups in total. The molecule has 0 aliphatic rings. The molecule has 0 atom stereocenters. The normalized spacial score (nSPS) is 10.4. The van der Waals surface area contributed by atoms with Gasteiger partial charge in [-0.25, -0.2) is 0 Å². The van der Waals surface area contributed by atoms with Gasteiger partial charge in [0.05, 0.1) is 6.61 Å². The molecule has 1 rings (SSSR count). The lowest BCUT2D eigenvalue weighted by Crippen LogP contribution is -2.13. The minimum absolute atomic E-state index is 0.149. The Morgan fingerprint density at radius 1 is 1.44 bits per heavy atom. The first-order valence-electron chi connectivity index (χ1n) is 5.50. The monoisotopic (exact) mass is 243 g/mol. The number of ether oxygens (including phenoxy) is 1. The van der Waals surface area contributed by atoms with Gasteiger partial charge in [-0.3, -0.25) is 0 Å². The Hall–Kier alpha value is -0.770. The summed E-state index contributed by atoms with van der Waals surface area (Å²) >= 11 is 5.93. The third-order valence-corrected chi connectivity index (χ3v) is 2.38. The molecule has 0 fully saturated rings. The zero-order valence-electron chi connectivity index (χ0n) is 9.50. The van der Waals surface area contributed by atoms with E-state index in [4.69, 9.17) is 21.4 Å². The Balaban J connectivity index is 2.64. The standard InChI is InChI=1S/C12H18ClNO2/c1-2-14-9-10-8-11(13)4-5-12(10)16-7-3-6-15/h4-5,8,14-15H,2-3,6-7,9H2,1H3. The summed E-state index contributed by atoms with van der Waals surface area (Å²) in [6, 6.07) is 5.58. The molecule has 0 aliphatic carbocycles. The lowest BCUT2D eigenvalue weighted by molar-refractivity contribution is 0.232. The molecule has 0 amide bonds. The molecule has 1 aromatic rings. The van der Waals surface area contributed by atoms with Gasteiger partial charge in [0.25, 0.3) is 0 Å². The van der Waals surface area contributed by atoms with Gasteiger partial charge >= 0.3 is 0 Å². The van der Waals surface area contributed by atoms with Crippen molar-refractivity contribution in [1.82, 2.24) is 5.32 Å². The quantitative estimate of drug-likeness (QED) is 0.722. The third-order valence-electron chi connectivity index (χ3n) is 2.15. The van der Waals surface area contributed by atoms with Gasteiger partial charge in [-0.05, 0) is 24.7 Å². The van der Waals surface area contributed by atoms with Crippen molar-refractivity contribution < 1.29 is 9.84 Å². The van der Waals surface area contributed by atoms with Crippen molar-refractivity contribution in [3.8, 4) is 5.75 Å². The van der Waals surface area contributed by atoms with E-state index in [9.17, 15) is 0 Å². The fourth-order valence-corrected chi connectivity index (χ4v) is 1.53. The second-order valence-electron chi connectivity index (χ2n) is 3.46. The molecule has 4 heteroatoms. The van der Waals surface area contributed by atoms with Gasteiger partial charge in [-0.1, -0.05) is 18.5 Å². The number of hydrogen-bond acceptors (Lipinski definition) is 3. The minimum Gasteiger partial charge on any atom is -0.493 e. The van der Waals surface area contributed by atoms with Gasteiger partial charge < -0.3 is 15.2 Å². The van der Waals surface area contributed by atoms with Crippen LogP contribution in [0.4, 0.5) is 0 Å². The SMILES string of the molecule is CCNCc1cc(Cl)ccc1OCCCO. The molecule has 16 heavy (non-hydrogen) atoms. The van der Waals surface area contributed by atoms with Gasteiger partial charge in [0.1, 0.15) is 5.75 Å². The number of nitrogens with one attached hydrogen (secondary N) is 1. The van der Waals surface area contributed by atoms with E-state index in [1.165, 1.54) is 0 Å². The van der Waals surface area contributed by atoms with Crippen molar-refractivity contribution in [3.63, 3.8) is 0 Å². The number of aliphatic hydroxyl groups is 1. The maximum atomic E-state index is 8.69. The highest BCUT2D eigenvalue weighted by molar-refractivity contribution is 6.30. The molecule has 0 unspecified atom stereocenters. The second-order valence-corrected chi connectivity index (χ2v) is 3.89. The van der Waals surface area contributed by atoms with Gasteiger partial charge in [0.15, 0.2) is 0 Å². The van der Waals surface area contributed by atoms with Crippen molar-refractivity contribution >= 4 is 11.6 Å². The Morgan fingerprint density at radius 3 is 2.94 bits per heavy atom. The minimum atomic E-state index is 0.149. The molecule has 0 aromatic heterocycles. The van der Waals surface area contributed by atoms with Crippen LogP contribution in [0.25, 0.3) is 0 Å². The molecule has 0 saturated carbocycles. The second kappa shape index (κ2) is 7.49. The molecule has 1 aromatic carbocycles. The number of rotatable bonds is 7. The molecule has 0 aliphatic heterocycles. The van der Waals surface area contributed by atoms with E-state index in [-0.39, 0.29) is 6.61 Å². The predicted molar refractivity (Wildman–Crippen MR) is 66.0 cm³/mol. The molecule has 0 bridgehead atoms. The molecule has 3 nitrogen and oxygen atoms in total. The number of hydrogen-bond donors (Lipinski definition) is 2. The highest BCUT2D eigenvalue weighted by atomic mass is 35.5. The van der Waals surface area contributed by atoms with E-state index in [0.29, 0.717) is 18.1 Å². The molecule has 0 radical (unpaired) electrons. The molecule has 0 saturated heterocycles. The Morgan fingerprint density at radius 2 is 2.25 bits per heavy atom. The van der Waals surface area contributed by atoms with Crippen LogP contribution in [0, 0.1) is 0 Å². The first kappa shape index (κ1) is 13.3. The van der Waals surface area contributed by atoms with Crippen LogP contribution >= 0.6 is 11.6 Å². The summed E-state index contributed by atoms with van der Waals surface area (Å²) in [5.74, 6) is 0.832. The molecule has 90 valence electrons. The van der Waals surface area contributed by atoms with Crippen LogP contribution in [0.5, 0.6) is 5.75 Å². The maximum absolute atomic E-state index is 8.69.